The summed E-state index contributed by atoms with van der Waals surface area (Å²) in [5.41, 5.74) is 6.22. The normalized spacial score (nSPS) is 13.7. The fourth-order valence-corrected chi connectivity index (χ4v) is 1.50. The molecular formula is C11H15F3N2. The molecule has 1 atom stereocenters. The standard InChI is InChI=1S/C11H15F3N2/c1-7(15)9-6-8(11(12,13)14)4-5-10(9)16(2)3/h4-7H,15H2,1-3H3. The van der Waals surface area contributed by atoms with Crippen molar-refractivity contribution < 1.29 is 13.2 Å². The number of halogens is 3. The maximum Gasteiger partial charge on any atom is 0.416 e. The highest BCUT2D eigenvalue weighted by Gasteiger charge is 2.31. The summed E-state index contributed by atoms with van der Waals surface area (Å²) in [7, 11) is 3.54. The van der Waals surface area contributed by atoms with Crippen molar-refractivity contribution in [2.24, 2.45) is 5.73 Å². The van der Waals surface area contributed by atoms with Crippen LogP contribution in [0.5, 0.6) is 0 Å². The van der Waals surface area contributed by atoms with E-state index in [1.54, 1.807) is 25.9 Å². The fraction of sp³-hybridized carbons (Fsp3) is 0.455. The predicted octanol–water partition coefficient (Wildman–Crippen LogP) is 2.79. The number of rotatable bonds is 2. The summed E-state index contributed by atoms with van der Waals surface area (Å²) in [4.78, 5) is 1.75. The fourth-order valence-electron chi connectivity index (χ4n) is 1.50. The van der Waals surface area contributed by atoms with Gasteiger partial charge in [-0.1, -0.05) is 0 Å². The lowest BCUT2D eigenvalue weighted by Crippen LogP contribution is -2.17. The molecule has 0 aliphatic heterocycles. The van der Waals surface area contributed by atoms with Crippen molar-refractivity contribution in [2.45, 2.75) is 19.1 Å². The highest BCUT2D eigenvalue weighted by molar-refractivity contribution is 5.55. The molecule has 0 heterocycles. The van der Waals surface area contributed by atoms with E-state index in [1.165, 1.54) is 6.07 Å². The van der Waals surface area contributed by atoms with Crippen molar-refractivity contribution in [1.82, 2.24) is 0 Å². The van der Waals surface area contributed by atoms with Crippen LogP contribution in [0.4, 0.5) is 18.9 Å². The van der Waals surface area contributed by atoms with Crippen LogP contribution in [-0.4, -0.2) is 14.1 Å². The Kier molecular flexibility index (Phi) is 3.48. The molecule has 1 aromatic carbocycles. The van der Waals surface area contributed by atoms with Gasteiger partial charge in [-0.3, -0.25) is 0 Å². The Balaban J connectivity index is 3.29. The molecule has 90 valence electrons. The van der Waals surface area contributed by atoms with Crippen LogP contribution in [0.2, 0.25) is 0 Å². The molecule has 0 saturated heterocycles. The van der Waals surface area contributed by atoms with Crippen molar-refractivity contribution in [2.75, 3.05) is 19.0 Å². The van der Waals surface area contributed by atoms with Crippen LogP contribution in [0.1, 0.15) is 24.1 Å². The van der Waals surface area contributed by atoms with Crippen LogP contribution in [0.3, 0.4) is 0 Å². The van der Waals surface area contributed by atoms with Crippen LogP contribution in [0.25, 0.3) is 0 Å². The SMILES string of the molecule is CC(N)c1cc(C(F)(F)F)ccc1N(C)C. The molecule has 0 aliphatic rings. The van der Waals surface area contributed by atoms with Crippen LogP contribution < -0.4 is 10.6 Å². The lowest BCUT2D eigenvalue weighted by Gasteiger charge is -2.21. The molecule has 2 N–H and O–H groups in total. The maximum absolute atomic E-state index is 12.5. The number of nitrogens with two attached hydrogens (primary N) is 1. The van der Waals surface area contributed by atoms with Gasteiger partial charge in [0.25, 0.3) is 0 Å². The number of nitrogens with zero attached hydrogens (tertiary/aromatic N) is 1. The maximum atomic E-state index is 12.5. The molecule has 0 spiro atoms. The van der Waals surface area contributed by atoms with E-state index >= 15 is 0 Å². The van der Waals surface area contributed by atoms with Crippen LogP contribution in [0, 0.1) is 0 Å². The molecule has 0 aliphatic carbocycles. The van der Waals surface area contributed by atoms with Gasteiger partial charge in [-0.2, -0.15) is 13.2 Å². The first-order valence-electron chi connectivity index (χ1n) is 4.87. The second-order valence-corrected chi connectivity index (χ2v) is 3.95. The van der Waals surface area contributed by atoms with E-state index in [0.717, 1.165) is 12.1 Å². The second kappa shape index (κ2) is 4.33. The quantitative estimate of drug-likeness (QED) is 0.849. The van der Waals surface area contributed by atoms with Crippen LogP contribution >= 0.6 is 0 Å². The zero-order chi connectivity index (χ0) is 12.5. The van der Waals surface area contributed by atoms with E-state index in [2.05, 4.69) is 0 Å². The number of hydrogen-bond acceptors (Lipinski definition) is 2. The van der Waals surface area contributed by atoms with Gasteiger partial charge in [0.1, 0.15) is 0 Å². The van der Waals surface area contributed by atoms with E-state index in [1.807, 2.05) is 0 Å². The number of benzene rings is 1. The molecule has 2 nitrogen and oxygen atoms in total. The summed E-state index contributed by atoms with van der Waals surface area (Å²) >= 11 is 0. The number of alkyl halides is 3. The van der Waals surface area contributed by atoms with Gasteiger partial charge in [-0.05, 0) is 30.7 Å². The minimum atomic E-state index is -4.32. The molecule has 5 heteroatoms. The first-order valence-corrected chi connectivity index (χ1v) is 4.87. The van der Waals surface area contributed by atoms with Gasteiger partial charge in [0.05, 0.1) is 5.56 Å². The highest BCUT2D eigenvalue weighted by Crippen LogP contribution is 2.34. The topological polar surface area (TPSA) is 29.3 Å². The molecule has 0 radical (unpaired) electrons. The third-order valence-corrected chi connectivity index (χ3v) is 2.33. The number of anilines is 1. The summed E-state index contributed by atoms with van der Waals surface area (Å²) in [5.74, 6) is 0. The molecular weight excluding hydrogens is 217 g/mol. The van der Waals surface area contributed by atoms with Crippen molar-refractivity contribution >= 4 is 5.69 Å². The summed E-state index contributed by atoms with van der Waals surface area (Å²) < 4.78 is 37.5. The Morgan fingerprint density at radius 3 is 2.19 bits per heavy atom. The van der Waals surface area contributed by atoms with Crippen molar-refractivity contribution in [3.05, 3.63) is 29.3 Å². The molecule has 0 aromatic heterocycles. The average Bonchev–Trinajstić information content (AvgIpc) is 2.15. The van der Waals surface area contributed by atoms with E-state index in [-0.39, 0.29) is 0 Å². The Hall–Kier alpha value is -1.23. The molecule has 1 rings (SSSR count). The Morgan fingerprint density at radius 1 is 1.25 bits per heavy atom. The van der Waals surface area contributed by atoms with E-state index < -0.39 is 17.8 Å². The van der Waals surface area contributed by atoms with Crippen LogP contribution in [0.15, 0.2) is 18.2 Å². The first kappa shape index (κ1) is 12.8. The average molecular weight is 232 g/mol. The predicted molar refractivity (Wildman–Crippen MR) is 58.4 cm³/mol. The molecule has 1 aromatic rings. The van der Waals surface area contributed by atoms with Crippen molar-refractivity contribution in [1.29, 1.82) is 0 Å². The lowest BCUT2D eigenvalue weighted by molar-refractivity contribution is -0.137. The smallest absolute Gasteiger partial charge is 0.377 e. The summed E-state index contributed by atoms with van der Waals surface area (Å²) in [5, 5.41) is 0. The minimum Gasteiger partial charge on any atom is -0.377 e. The Morgan fingerprint density at radius 2 is 1.81 bits per heavy atom. The third kappa shape index (κ3) is 2.66. The molecule has 1 unspecified atom stereocenters. The van der Waals surface area contributed by atoms with Gasteiger partial charge < -0.3 is 10.6 Å². The van der Waals surface area contributed by atoms with Gasteiger partial charge in [0.2, 0.25) is 0 Å². The van der Waals surface area contributed by atoms with Crippen molar-refractivity contribution in [3.63, 3.8) is 0 Å². The minimum absolute atomic E-state index is 0.431. The highest BCUT2D eigenvalue weighted by atomic mass is 19.4. The molecule has 0 amide bonds. The van der Waals surface area contributed by atoms with Gasteiger partial charge in [0, 0.05) is 25.8 Å². The zero-order valence-corrected chi connectivity index (χ0v) is 9.47. The summed E-state index contributed by atoms with van der Waals surface area (Å²) in [6, 6.07) is 3.20. The summed E-state index contributed by atoms with van der Waals surface area (Å²) in [6.07, 6.45) is -4.32. The molecule has 0 saturated carbocycles. The monoisotopic (exact) mass is 232 g/mol. The van der Waals surface area contributed by atoms with Crippen LogP contribution in [-0.2, 0) is 6.18 Å². The first-order chi connectivity index (χ1) is 7.23. The van der Waals surface area contributed by atoms with E-state index in [0.29, 0.717) is 11.3 Å². The van der Waals surface area contributed by atoms with E-state index in [4.69, 9.17) is 5.73 Å². The van der Waals surface area contributed by atoms with Gasteiger partial charge in [-0.25, -0.2) is 0 Å². The van der Waals surface area contributed by atoms with Gasteiger partial charge >= 0.3 is 6.18 Å². The zero-order valence-electron chi connectivity index (χ0n) is 9.47. The molecule has 0 fully saturated rings. The Labute approximate surface area is 92.9 Å². The van der Waals surface area contributed by atoms with Gasteiger partial charge in [0.15, 0.2) is 0 Å². The largest absolute Gasteiger partial charge is 0.416 e. The summed E-state index contributed by atoms with van der Waals surface area (Å²) in [6.45, 7) is 1.67. The van der Waals surface area contributed by atoms with Gasteiger partial charge in [-0.15, -0.1) is 0 Å². The second-order valence-electron chi connectivity index (χ2n) is 3.95. The molecule has 0 bridgehead atoms. The lowest BCUT2D eigenvalue weighted by atomic mass is 10.0. The number of hydrogen-bond donors (Lipinski definition) is 1. The molecule has 16 heavy (non-hydrogen) atoms. The third-order valence-electron chi connectivity index (χ3n) is 2.33. The van der Waals surface area contributed by atoms with E-state index in [9.17, 15) is 13.2 Å². The Bertz CT molecular complexity index is 370. The van der Waals surface area contributed by atoms with Crippen molar-refractivity contribution in [3.8, 4) is 0 Å².